The molecule has 0 unspecified atom stereocenters. The summed E-state index contributed by atoms with van der Waals surface area (Å²) in [7, 11) is 0. The van der Waals surface area contributed by atoms with Crippen molar-refractivity contribution < 1.29 is 9.59 Å². The van der Waals surface area contributed by atoms with E-state index in [4.69, 9.17) is 0 Å². The van der Waals surface area contributed by atoms with Crippen LogP contribution in [0.4, 0.5) is 0 Å². The van der Waals surface area contributed by atoms with E-state index in [-0.39, 0.29) is 17.5 Å². The largest absolute Gasteiger partial charge is 0.300 e. The molecule has 0 heterocycles. The van der Waals surface area contributed by atoms with Crippen molar-refractivity contribution in [3.8, 4) is 0 Å². The molecule has 0 aromatic carbocycles. The summed E-state index contributed by atoms with van der Waals surface area (Å²) in [5.74, 6) is 0.417. The van der Waals surface area contributed by atoms with Crippen LogP contribution in [0.3, 0.4) is 0 Å². The molecule has 1 aliphatic carbocycles. The van der Waals surface area contributed by atoms with Crippen molar-refractivity contribution in [2.24, 2.45) is 5.92 Å². The van der Waals surface area contributed by atoms with Gasteiger partial charge in [0.2, 0.25) is 0 Å². The van der Waals surface area contributed by atoms with Crippen LogP contribution in [0.5, 0.6) is 0 Å². The van der Waals surface area contributed by atoms with Gasteiger partial charge in [-0.25, -0.2) is 0 Å². The first-order chi connectivity index (χ1) is 4.24. The molecule has 0 saturated heterocycles. The van der Waals surface area contributed by atoms with Crippen molar-refractivity contribution in [2.75, 3.05) is 5.33 Å². The van der Waals surface area contributed by atoms with Crippen molar-refractivity contribution in [1.82, 2.24) is 0 Å². The summed E-state index contributed by atoms with van der Waals surface area (Å²) in [6.07, 6.45) is 0.953. The normalized spacial score (nSPS) is 19.4. The minimum absolute atomic E-state index is 0.0388. The SMILES string of the molecule is O=C1CC(C(=O)CBr)C1. The molecular weight excluding hydrogens is 184 g/mol. The fourth-order valence-corrected chi connectivity index (χ4v) is 1.28. The summed E-state index contributed by atoms with van der Waals surface area (Å²) in [5, 5.41) is 0.394. The van der Waals surface area contributed by atoms with E-state index in [1.165, 1.54) is 0 Å². The predicted octanol–water partition coefficient (Wildman–Crippen LogP) is 0.929. The quantitative estimate of drug-likeness (QED) is 0.608. The van der Waals surface area contributed by atoms with Gasteiger partial charge in [0.05, 0.1) is 5.33 Å². The van der Waals surface area contributed by atoms with Crippen LogP contribution in [-0.4, -0.2) is 16.9 Å². The predicted molar refractivity (Wildman–Crippen MR) is 36.5 cm³/mol. The Morgan fingerprint density at radius 1 is 1.67 bits per heavy atom. The van der Waals surface area contributed by atoms with Gasteiger partial charge in [0.25, 0.3) is 0 Å². The standard InChI is InChI=1S/C6H7BrO2/c7-3-6(9)4-1-5(8)2-4/h4H,1-3H2. The fourth-order valence-electron chi connectivity index (χ4n) is 0.827. The molecule has 0 atom stereocenters. The summed E-state index contributed by atoms with van der Waals surface area (Å²) in [4.78, 5) is 21.1. The minimum atomic E-state index is 0.0388. The maximum atomic E-state index is 10.7. The van der Waals surface area contributed by atoms with Gasteiger partial charge in [-0.05, 0) is 0 Å². The summed E-state index contributed by atoms with van der Waals surface area (Å²) < 4.78 is 0. The zero-order valence-electron chi connectivity index (χ0n) is 4.89. The first-order valence-corrected chi connectivity index (χ1v) is 3.96. The number of hydrogen-bond acceptors (Lipinski definition) is 2. The summed E-state index contributed by atoms with van der Waals surface area (Å²) in [6.45, 7) is 0. The zero-order valence-corrected chi connectivity index (χ0v) is 6.48. The monoisotopic (exact) mass is 190 g/mol. The Labute approximate surface area is 61.7 Å². The number of carbonyl (C=O) groups is 2. The highest BCUT2D eigenvalue weighted by Gasteiger charge is 2.31. The van der Waals surface area contributed by atoms with E-state index in [1.807, 2.05) is 0 Å². The molecule has 9 heavy (non-hydrogen) atoms. The van der Waals surface area contributed by atoms with Gasteiger partial charge in [-0.2, -0.15) is 0 Å². The highest BCUT2D eigenvalue weighted by Crippen LogP contribution is 2.23. The number of alkyl halides is 1. The molecule has 1 rings (SSSR count). The van der Waals surface area contributed by atoms with Crippen LogP contribution in [0.2, 0.25) is 0 Å². The highest BCUT2D eigenvalue weighted by molar-refractivity contribution is 9.09. The first kappa shape index (κ1) is 6.93. The molecule has 0 amide bonds. The molecule has 2 nitrogen and oxygen atoms in total. The van der Waals surface area contributed by atoms with E-state index in [2.05, 4.69) is 15.9 Å². The first-order valence-electron chi connectivity index (χ1n) is 2.84. The maximum absolute atomic E-state index is 10.7. The van der Waals surface area contributed by atoms with E-state index in [1.54, 1.807) is 0 Å². The van der Waals surface area contributed by atoms with Gasteiger partial charge in [-0.3, -0.25) is 9.59 Å². The number of rotatable bonds is 2. The Kier molecular flexibility index (Phi) is 2.01. The van der Waals surface area contributed by atoms with Gasteiger partial charge < -0.3 is 0 Å². The molecule has 0 aliphatic heterocycles. The number of Topliss-reactive ketones (excluding diaryl/α,β-unsaturated/α-hetero) is 2. The lowest BCUT2D eigenvalue weighted by molar-refractivity contribution is -0.135. The van der Waals surface area contributed by atoms with Crippen LogP contribution in [0, 0.1) is 5.92 Å². The van der Waals surface area contributed by atoms with E-state index in [9.17, 15) is 9.59 Å². The van der Waals surface area contributed by atoms with Gasteiger partial charge in [0.15, 0.2) is 0 Å². The highest BCUT2D eigenvalue weighted by atomic mass is 79.9. The Hall–Kier alpha value is -0.180. The number of ketones is 2. The lowest BCUT2D eigenvalue weighted by Gasteiger charge is -2.21. The second kappa shape index (κ2) is 2.60. The van der Waals surface area contributed by atoms with Gasteiger partial charge >= 0.3 is 0 Å². The molecule has 0 bridgehead atoms. The van der Waals surface area contributed by atoms with E-state index >= 15 is 0 Å². The molecule has 1 aliphatic rings. The summed E-state index contributed by atoms with van der Waals surface area (Å²) in [6, 6.07) is 0. The third-order valence-corrected chi connectivity index (χ3v) is 2.09. The molecule has 50 valence electrons. The number of halogens is 1. The van der Waals surface area contributed by atoms with Gasteiger partial charge in [-0.15, -0.1) is 0 Å². The zero-order chi connectivity index (χ0) is 6.85. The van der Waals surface area contributed by atoms with Crippen LogP contribution >= 0.6 is 15.9 Å². The van der Waals surface area contributed by atoms with Crippen LogP contribution in [0.1, 0.15) is 12.8 Å². The van der Waals surface area contributed by atoms with Gasteiger partial charge in [-0.1, -0.05) is 15.9 Å². The van der Waals surface area contributed by atoms with Gasteiger partial charge in [0.1, 0.15) is 11.6 Å². The number of hydrogen-bond donors (Lipinski definition) is 0. The smallest absolute Gasteiger partial charge is 0.147 e. The topological polar surface area (TPSA) is 34.1 Å². The molecule has 1 fully saturated rings. The Balaban J connectivity index is 2.31. The molecule has 0 aromatic heterocycles. The lowest BCUT2D eigenvalue weighted by Crippen LogP contribution is -2.30. The molecule has 0 N–H and O–H groups in total. The van der Waals surface area contributed by atoms with Crippen LogP contribution in [-0.2, 0) is 9.59 Å². The third-order valence-electron chi connectivity index (χ3n) is 1.54. The van der Waals surface area contributed by atoms with Crippen molar-refractivity contribution in [1.29, 1.82) is 0 Å². The van der Waals surface area contributed by atoms with Gasteiger partial charge in [0, 0.05) is 18.8 Å². The average molecular weight is 191 g/mol. The average Bonchev–Trinajstić information content (AvgIpc) is 1.79. The lowest BCUT2D eigenvalue weighted by atomic mass is 9.81. The Morgan fingerprint density at radius 3 is 2.56 bits per heavy atom. The molecule has 0 spiro atoms. The van der Waals surface area contributed by atoms with Crippen molar-refractivity contribution >= 4 is 27.5 Å². The van der Waals surface area contributed by atoms with Crippen LogP contribution in [0.15, 0.2) is 0 Å². The molecular formula is C6H7BrO2. The molecule has 3 heteroatoms. The van der Waals surface area contributed by atoms with Crippen molar-refractivity contribution in [3.05, 3.63) is 0 Å². The Bertz CT molecular complexity index is 145. The molecule has 0 aromatic rings. The van der Waals surface area contributed by atoms with Crippen LogP contribution < -0.4 is 0 Å². The van der Waals surface area contributed by atoms with E-state index < -0.39 is 0 Å². The minimum Gasteiger partial charge on any atom is -0.300 e. The van der Waals surface area contributed by atoms with Crippen LogP contribution in [0.25, 0.3) is 0 Å². The van der Waals surface area contributed by atoms with Crippen molar-refractivity contribution in [2.45, 2.75) is 12.8 Å². The molecule has 0 radical (unpaired) electrons. The Morgan fingerprint density at radius 2 is 2.22 bits per heavy atom. The maximum Gasteiger partial charge on any atom is 0.147 e. The number of carbonyl (C=O) groups excluding carboxylic acids is 2. The summed E-state index contributed by atoms with van der Waals surface area (Å²) >= 11 is 3.05. The van der Waals surface area contributed by atoms with Crippen molar-refractivity contribution in [3.63, 3.8) is 0 Å². The third kappa shape index (κ3) is 1.39. The summed E-state index contributed by atoms with van der Waals surface area (Å²) in [5.41, 5.74) is 0. The van der Waals surface area contributed by atoms with E-state index in [0.29, 0.717) is 18.2 Å². The second-order valence-electron chi connectivity index (χ2n) is 2.24. The van der Waals surface area contributed by atoms with E-state index in [0.717, 1.165) is 0 Å². The fraction of sp³-hybridized carbons (Fsp3) is 0.667. The molecule has 1 saturated carbocycles. The second-order valence-corrected chi connectivity index (χ2v) is 2.80.